The van der Waals surface area contributed by atoms with Crippen LogP contribution in [-0.4, -0.2) is 12.6 Å². The number of hydrogen-bond acceptors (Lipinski definition) is 1. The average Bonchev–Trinajstić information content (AvgIpc) is 2.15. The Kier molecular flexibility index (Phi) is 8.78. The van der Waals surface area contributed by atoms with Gasteiger partial charge in [0.2, 0.25) is 0 Å². The highest BCUT2D eigenvalue weighted by Gasteiger charge is 2.07. The van der Waals surface area contributed by atoms with Crippen LogP contribution in [0.5, 0.6) is 0 Å². The molecule has 0 rings (SSSR count). The maximum atomic E-state index is 5.22. The molecule has 0 aromatic carbocycles. The molecule has 0 amide bonds. The van der Waals surface area contributed by atoms with Crippen LogP contribution in [-0.2, 0) is 0 Å². The van der Waals surface area contributed by atoms with E-state index in [0.717, 1.165) is 18.9 Å². The molecule has 0 aliphatic heterocycles. The first-order valence-electron chi connectivity index (χ1n) is 5.87. The van der Waals surface area contributed by atoms with Crippen LogP contribution in [0.1, 0.15) is 52.9 Å². The summed E-state index contributed by atoms with van der Waals surface area (Å²) >= 11 is 0. The van der Waals surface area contributed by atoms with Crippen molar-refractivity contribution in [3.8, 4) is 12.3 Å². The van der Waals surface area contributed by atoms with E-state index >= 15 is 0 Å². The van der Waals surface area contributed by atoms with Gasteiger partial charge >= 0.3 is 0 Å². The number of nitrogens with one attached hydrogen (secondary N) is 1. The number of rotatable bonds is 8. The highest BCUT2D eigenvalue weighted by Crippen LogP contribution is 2.13. The van der Waals surface area contributed by atoms with Crippen molar-refractivity contribution < 1.29 is 0 Å². The standard InChI is InChI=1S/C13H25N/c1-5-7-8-9-12(3)11-13(4)14-10-6-2/h1,12-14H,6-11H2,2-4H3. The Labute approximate surface area is 89.7 Å². The van der Waals surface area contributed by atoms with Crippen molar-refractivity contribution in [1.82, 2.24) is 5.32 Å². The molecule has 0 aromatic rings. The van der Waals surface area contributed by atoms with Crippen LogP contribution >= 0.6 is 0 Å². The van der Waals surface area contributed by atoms with E-state index in [0.29, 0.717) is 6.04 Å². The summed E-state index contributed by atoms with van der Waals surface area (Å²) < 4.78 is 0. The Balaban J connectivity index is 3.40. The minimum Gasteiger partial charge on any atom is -0.314 e. The average molecular weight is 195 g/mol. The molecule has 0 heterocycles. The van der Waals surface area contributed by atoms with Gasteiger partial charge in [0.15, 0.2) is 0 Å². The third kappa shape index (κ3) is 8.13. The molecule has 0 bridgehead atoms. The molecular formula is C13H25N. The Hall–Kier alpha value is -0.480. The minimum absolute atomic E-state index is 0.649. The first-order valence-corrected chi connectivity index (χ1v) is 5.87. The Morgan fingerprint density at radius 2 is 2.07 bits per heavy atom. The lowest BCUT2D eigenvalue weighted by Crippen LogP contribution is -2.28. The highest BCUT2D eigenvalue weighted by molar-refractivity contribution is 4.83. The molecular weight excluding hydrogens is 170 g/mol. The molecule has 2 atom stereocenters. The molecule has 0 saturated carbocycles. The number of terminal acetylenes is 1. The van der Waals surface area contributed by atoms with Crippen molar-refractivity contribution in [3.05, 3.63) is 0 Å². The zero-order chi connectivity index (χ0) is 10.8. The normalized spacial score (nSPS) is 14.7. The summed E-state index contributed by atoms with van der Waals surface area (Å²) in [6, 6.07) is 0.649. The Morgan fingerprint density at radius 1 is 1.36 bits per heavy atom. The lowest BCUT2D eigenvalue weighted by molar-refractivity contribution is 0.397. The summed E-state index contributed by atoms with van der Waals surface area (Å²) in [6.45, 7) is 7.93. The molecule has 14 heavy (non-hydrogen) atoms. The topological polar surface area (TPSA) is 12.0 Å². The van der Waals surface area contributed by atoms with E-state index in [2.05, 4.69) is 32.0 Å². The fourth-order valence-electron chi connectivity index (χ4n) is 1.75. The quantitative estimate of drug-likeness (QED) is 0.463. The predicted octanol–water partition coefficient (Wildman–Crippen LogP) is 3.20. The summed E-state index contributed by atoms with van der Waals surface area (Å²) in [6.07, 6.45) is 11.1. The summed E-state index contributed by atoms with van der Waals surface area (Å²) in [5, 5.41) is 3.51. The van der Waals surface area contributed by atoms with Crippen molar-refractivity contribution in [3.63, 3.8) is 0 Å². The van der Waals surface area contributed by atoms with Crippen LogP contribution in [0, 0.1) is 18.3 Å². The molecule has 1 heteroatoms. The van der Waals surface area contributed by atoms with Gasteiger partial charge in [0.05, 0.1) is 0 Å². The highest BCUT2D eigenvalue weighted by atomic mass is 14.9. The monoisotopic (exact) mass is 195 g/mol. The SMILES string of the molecule is C#CCCCC(C)CC(C)NCCC. The molecule has 0 radical (unpaired) electrons. The third-order valence-corrected chi connectivity index (χ3v) is 2.52. The summed E-state index contributed by atoms with van der Waals surface area (Å²) in [7, 11) is 0. The van der Waals surface area contributed by atoms with E-state index in [4.69, 9.17) is 6.42 Å². The van der Waals surface area contributed by atoms with E-state index in [1.165, 1.54) is 25.7 Å². The van der Waals surface area contributed by atoms with Gasteiger partial charge in [0.1, 0.15) is 0 Å². The molecule has 1 nitrogen and oxygen atoms in total. The summed E-state index contributed by atoms with van der Waals surface area (Å²) in [5.74, 6) is 3.49. The van der Waals surface area contributed by atoms with E-state index in [-0.39, 0.29) is 0 Å². The number of hydrogen-bond donors (Lipinski definition) is 1. The van der Waals surface area contributed by atoms with Gasteiger partial charge in [-0.25, -0.2) is 0 Å². The molecule has 0 spiro atoms. The van der Waals surface area contributed by atoms with Crippen LogP contribution < -0.4 is 5.32 Å². The second-order valence-electron chi connectivity index (χ2n) is 4.29. The van der Waals surface area contributed by atoms with Gasteiger partial charge in [-0.3, -0.25) is 0 Å². The fraction of sp³-hybridized carbons (Fsp3) is 0.846. The maximum absolute atomic E-state index is 5.22. The zero-order valence-electron chi connectivity index (χ0n) is 9.97. The lowest BCUT2D eigenvalue weighted by atomic mass is 9.97. The van der Waals surface area contributed by atoms with E-state index in [1.807, 2.05) is 0 Å². The van der Waals surface area contributed by atoms with Gasteiger partial charge in [0.25, 0.3) is 0 Å². The predicted molar refractivity (Wildman–Crippen MR) is 64.2 cm³/mol. The molecule has 0 fully saturated rings. The van der Waals surface area contributed by atoms with Gasteiger partial charge < -0.3 is 5.32 Å². The van der Waals surface area contributed by atoms with Gasteiger partial charge in [-0.15, -0.1) is 12.3 Å². The van der Waals surface area contributed by atoms with Crippen molar-refractivity contribution in [2.45, 2.75) is 58.9 Å². The molecule has 0 aromatic heterocycles. The smallest absolute Gasteiger partial charge is 0.00861 e. The van der Waals surface area contributed by atoms with Crippen molar-refractivity contribution in [2.24, 2.45) is 5.92 Å². The second kappa shape index (κ2) is 9.09. The van der Waals surface area contributed by atoms with E-state index in [9.17, 15) is 0 Å². The van der Waals surface area contributed by atoms with Crippen LogP contribution in [0.25, 0.3) is 0 Å². The molecule has 82 valence electrons. The Bertz CT molecular complexity index is 157. The minimum atomic E-state index is 0.649. The Morgan fingerprint density at radius 3 is 2.64 bits per heavy atom. The van der Waals surface area contributed by atoms with Crippen LogP contribution in [0.4, 0.5) is 0 Å². The lowest BCUT2D eigenvalue weighted by Gasteiger charge is -2.17. The van der Waals surface area contributed by atoms with Gasteiger partial charge in [-0.1, -0.05) is 13.8 Å². The number of unbranched alkanes of at least 4 members (excludes halogenated alkanes) is 1. The van der Waals surface area contributed by atoms with Crippen molar-refractivity contribution in [1.29, 1.82) is 0 Å². The van der Waals surface area contributed by atoms with Crippen molar-refractivity contribution in [2.75, 3.05) is 6.54 Å². The molecule has 1 N–H and O–H groups in total. The molecule has 0 aliphatic rings. The maximum Gasteiger partial charge on any atom is 0.00861 e. The molecule has 0 saturated heterocycles. The third-order valence-electron chi connectivity index (χ3n) is 2.52. The van der Waals surface area contributed by atoms with E-state index < -0.39 is 0 Å². The van der Waals surface area contributed by atoms with E-state index in [1.54, 1.807) is 0 Å². The zero-order valence-corrected chi connectivity index (χ0v) is 9.97. The van der Waals surface area contributed by atoms with Gasteiger partial charge in [-0.2, -0.15) is 0 Å². The van der Waals surface area contributed by atoms with Gasteiger partial charge in [0, 0.05) is 12.5 Å². The first kappa shape index (κ1) is 13.5. The van der Waals surface area contributed by atoms with Crippen LogP contribution in [0.3, 0.4) is 0 Å². The second-order valence-corrected chi connectivity index (χ2v) is 4.29. The molecule has 2 unspecified atom stereocenters. The molecule has 0 aliphatic carbocycles. The van der Waals surface area contributed by atoms with Crippen LogP contribution in [0.15, 0.2) is 0 Å². The largest absolute Gasteiger partial charge is 0.314 e. The van der Waals surface area contributed by atoms with Gasteiger partial charge in [-0.05, 0) is 45.1 Å². The van der Waals surface area contributed by atoms with Crippen molar-refractivity contribution >= 4 is 0 Å². The summed E-state index contributed by atoms with van der Waals surface area (Å²) in [4.78, 5) is 0. The van der Waals surface area contributed by atoms with Crippen LogP contribution in [0.2, 0.25) is 0 Å². The fourth-order valence-corrected chi connectivity index (χ4v) is 1.75. The first-order chi connectivity index (χ1) is 6.70. The summed E-state index contributed by atoms with van der Waals surface area (Å²) in [5.41, 5.74) is 0.